The second-order valence-corrected chi connectivity index (χ2v) is 2.58. The maximum atomic E-state index is 10.6. The summed E-state index contributed by atoms with van der Waals surface area (Å²) >= 11 is 3.06. The molecule has 0 saturated carbocycles. The number of allylic oxidation sites excluding steroid dienone is 2. The summed E-state index contributed by atoms with van der Waals surface area (Å²) < 4.78 is 4.37. The number of ether oxygens (including phenoxy) is 1. The highest BCUT2D eigenvalue weighted by Gasteiger charge is 2.06. The number of methoxy groups -OCH3 is 1. The van der Waals surface area contributed by atoms with E-state index in [1.807, 2.05) is 0 Å². The molecular formula is C8H11BrO3. The number of halogens is 1. The second-order valence-electron chi connectivity index (χ2n) is 2.05. The predicted molar refractivity (Wildman–Crippen MR) is 49.8 cm³/mol. The van der Waals surface area contributed by atoms with E-state index in [4.69, 9.17) is 5.11 Å². The van der Waals surface area contributed by atoms with Crippen molar-refractivity contribution in [2.75, 3.05) is 7.11 Å². The van der Waals surface area contributed by atoms with Crippen molar-refractivity contribution in [3.63, 3.8) is 0 Å². The van der Waals surface area contributed by atoms with Crippen LogP contribution in [0, 0.1) is 0 Å². The van der Waals surface area contributed by atoms with Crippen molar-refractivity contribution in [2.24, 2.45) is 0 Å². The van der Waals surface area contributed by atoms with Crippen LogP contribution in [0.15, 0.2) is 23.2 Å². The Morgan fingerprint density at radius 1 is 1.67 bits per heavy atom. The summed E-state index contributed by atoms with van der Waals surface area (Å²) in [5.74, 6) is -0.421. The molecule has 1 N–H and O–H groups in total. The van der Waals surface area contributed by atoms with Gasteiger partial charge in [-0.25, -0.2) is 0 Å². The molecule has 1 atom stereocenters. The normalized spacial score (nSPS) is 13.9. The molecule has 68 valence electrons. The Kier molecular flexibility index (Phi) is 6.70. The van der Waals surface area contributed by atoms with Crippen molar-refractivity contribution < 1.29 is 14.6 Å². The first kappa shape index (κ1) is 11.4. The van der Waals surface area contributed by atoms with Crippen LogP contribution in [0.3, 0.4) is 0 Å². The number of hydrogen-bond acceptors (Lipinski definition) is 3. The van der Waals surface area contributed by atoms with Gasteiger partial charge in [-0.3, -0.25) is 4.79 Å². The minimum absolute atomic E-state index is 0.0108. The zero-order valence-electron chi connectivity index (χ0n) is 6.74. The second kappa shape index (κ2) is 7.06. The van der Waals surface area contributed by atoms with E-state index < -0.39 is 12.1 Å². The molecule has 0 aromatic rings. The molecule has 0 rings (SSSR count). The molecule has 0 heterocycles. The molecule has 0 aromatic heterocycles. The topological polar surface area (TPSA) is 46.5 Å². The summed E-state index contributed by atoms with van der Waals surface area (Å²) in [5, 5.41) is 9.14. The molecule has 0 aromatic carbocycles. The summed E-state index contributed by atoms with van der Waals surface area (Å²) in [5.41, 5.74) is 0. The Balaban J connectivity index is 3.72. The highest BCUT2D eigenvalue weighted by Crippen LogP contribution is 1.96. The van der Waals surface area contributed by atoms with Gasteiger partial charge in [0.05, 0.1) is 19.6 Å². The molecule has 0 fully saturated rings. The summed E-state index contributed by atoms with van der Waals surface area (Å²) in [6.45, 7) is 0. The van der Waals surface area contributed by atoms with Gasteiger partial charge < -0.3 is 9.84 Å². The fourth-order valence-corrected chi connectivity index (χ4v) is 0.733. The van der Waals surface area contributed by atoms with Crippen LogP contribution in [-0.2, 0) is 9.53 Å². The first-order valence-electron chi connectivity index (χ1n) is 3.39. The fourth-order valence-electron chi connectivity index (χ4n) is 0.557. The van der Waals surface area contributed by atoms with E-state index in [2.05, 4.69) is 20.7 Å². The van der Waals surface area contributed by atoms with Gasteiger partial charge in [-0.15, -0.1) is 0 Å². The number of aliphatic hydroxyl groups excluding tert-OH is 1. The van der Waals surface area contributed by atoms with Crippen molar-refractivity contribution in [3.8, 4) is 0 Å². The van der Waals surface area contributed by atoms with Crippen LogP contribution in [0.2, 0.25) is 0 Å². The zero-order chi connectivity index (χ0) is 9.40. The summed E-state index contributed by atoms with van der Waals surface area (Å²) in [6, 6.07) is 0. The lowest BCUT2D eigenvalue weighted by molar-refractivity contribution is -0.142. The minimum Gasteiger partial charge on any atom is -0.469 e. The third kappa shape index (κ3) is 6.12. The Labute approximate surface area is 79.9 Å². The molecule has 0 aliphatic rings. The molecule has 0 amide bonds. The Hall–Kier alpha value is -0.610. The molecule has 12 heavy (non-hydrogen) atoms. The van der Waals surface area contributed by atoms with Gasteiger partial charge in [0.1, 0.15) is 0 Å². The first-order valence-corrected chi connectivity index (χ1v) is 4.30. The molecule has 0 radical (unpaired) electrons. The molecule has 0 aliphatic heterocycles. The molecule has 1 unspecified atom stereocenters. The number of carbonyl (C=O) groups is 1. The van der Waals surface area contributed by atoms with E-state index in [9.17, 15) is 4.79 Å². The lowest BCUT2D eigenvalue weighted by atomic mass is 10.2. The molecule has 0 bridgehead atoms. The standard InChI is InChI=1S/C8H11BrO3/c1-12-8(11)6-7(10)4-2-3-5-9/h2-5,7,10H,6H2,1H3/b4-2+,5-3+. The van der Waals surface area contributed by atoms with Crippen LogP contribution < -0.4 is 0 Å². The monoisotopic (exact) mass is 234 g/mol. The van der Waals surface area contributed by atoms with Gasteiger partial charge in [-0.05, 0) is 4.99 Å². The number of esters is 1. The molecule has 0 saturated heterocycles. The number of aliphatic hydroxyl groups is 1. The van der Waals surface area contributed by atoms with E-state index >= 15 is 0 Å². The van der Waals surface area contributed by atoms with Crippen molar-refractivity contribution >= 4 is 21.9 Å². The average molecular weight is 235 g/mol. The molecule has 0 spiro atoms. The van der Waals surface area contributed by atoms with Crippen LogP contribution >= 0.6 is 15.9 Å². The first-order chi connectivity index (χ1) is 5.70. The van der Waals surface area contributed by atoms with Crippen LogP contribution in [0.5, 0.6) is 0 Å². The van der Waals surface area contributed by atoms with Crippen molar-refractivity contribution in [1.29, 1.82) is 0 Å². The molecule has 0 aliphatic carbocycles. The third-order valence-electron chi connectivity index (χ3n) is 1.12. The van der Waals surface area contributed by atoms with Crippen LogP contribution in [0.4, 0.5) is 0 Å². The lowest BCUT2D eigenvalue weighted by Gasteiger charge is -2.01. The predicted octanol–water partition coefficient (Wildman–Crippen LogP) is 1.38. The van der Waals surface area contributed by atoms with E-state index in [1.54, 1.807) is 17.1 Å². The Bertz CT molecular complexity index is 187. The Morgan fingerprint density at radius 2 is 2.33 bits per heavy atom. The fraction of sp³-hybridized carbons (Fsp3) is 0.375. The summed E-state index contributed by atoms with van der Waals surface area (Å²) in [4.78, 5) is 12.3. The van der Waals surface area contributed by atoms with Gasteiger partial charge in [0, 0.05) is 0 Å². The summed E-state index contributed by atoms with van der Waals surface area (Å²) in [7, 11) is 1.29. The van der Waals surface area contributed by atoms with Crippen LogP contribution in [-0.4, -0.2) is 24.3 Å². The van der Waals surface area contributed by atoms with E-state index in [0.29, 0.717) is 0 Å². The zero-order valence-corrected chi connectivity index (χ0v) is 8.32. The maximum absolute atomic E-state index is 10.6. The maximum Gasteiger partial charge on any atom is 0.308 e. The quantitative estimate of drug-likeness (QED) is 0.591. The van der Waals surface area contributed by atoms with Gasteiger partial charge in [0.25, 0.3) is 0 Å². The number of carbonyl (C=O) groups excluding carboxylic acids is 1. The van der Waals surface area contributed by atoms with Crippen molar-refractivity contribution in [3.05, 3.63) is 23.2 Å². The van der Waals surface area contributed by atoms with E-state index in [1.165, 1.54) is 13.2 Å². The number of rotatable bonds is 4. The molecular weight excluding hydrogens is 224 g/mol. The average Bonchev–Trinajstić information content (AvgIpc) is 2.05. The molecule has 3 nitrogen and oxygen atoms in total. The summed E-state index contributed by atoms with van der Waals surface area (Å²) in [6.07, 6.45) is 4.06. The van der Waals surface area contributed by atoms with Gasteiger partial charge in [0.15, 0.2) is 0 Å². The van der Waals surface area contributed by atoms with Crippen LogP contribution in [0.1, 0.15) is 6.42 Å². The van der Waals surface area contributed by atoms with Crippen LogP contribution in [0.25, 0.3) is 0 Å². The highest BCUT2D eigenvalue weighted by molar-refractivity contribution is 9.11. The van der Waals surface area contributed by atoms with E-state index in [0.717, 1.165) is 0 Å². The van der Waals surface area contributed by atoms with Gasteiger partial charge in [-0.2, -0.15) is 0 Å². The van der Waals surface area contributed by atoms with Crippen molar-refractivity contribution in [1.82, 2.24) is 0 Å². The number of hydrogen-bond donors (Lipinski definition) is 1. The molecule has 4 heteroatoms. The smallest absolute Gasteiger partial charge is 0.308 e. The van der Waals surface area contributed by atoms with E-state index in [-0.39, 0.29) is 6.42 Å². The SMILES string of the molecule is COC(=O)CC(O)/C=C/C=C/Br. The van der Waals surface area contributed by atoms with Gasteiger partial charge >= 0.3 is 5.97 Å². The van der Waals surface area contributed by atoms with Gasteiger partial charge in [0.2, 0.25) is 0 Å². The minimum atomic E-state index is -0.777. The lowest BCUT2D eigenvalue weighted by Crippen LogP contribution is -2.11. The third-order valence-corrected chi connectivity index (χ3v) is 1.43. The highest BCUT2D eigenvalue weighted by atomic mass is 79.9. The largest absolute Gasteiger partial charge is 0.469 e. The van der Waals surface area contributed by atoms with Gasteiger partial charge in [-0.1, -0.05) is 34.2 Å². The van der Waals surface area contributed by atoms with Crippen molar-refractivity contribution in [2.45, 2.75) is 12.5 Å². The Morgan fingerprint density at radius 3 is 2.83 bits per heavy atom.